The second-order valence-electron chi connectivity index (χ2n) is 3.55. The number of benzene rings is 1. The standard InChI is InChI=1S/C13H18BrO3P/c1-3-16-18(15,17-4-2)11-7-9-12-8-5-6-10-13(12)14/h5-10H,3-4,11H2,1-2H3/b9-7+. The molecule has 0 unspecified atom stereocenters. The Morgan fingerprint density at radius 3 is 2.39 bits per heavy atom. The molecule has 5 heteroatoms. The van der Waals surface area contributed by atoms with Gasteiger partial charge in [0.1, 0.15) is 0 Å². The van der Waals surface area contributed by atoms with Gasteiger partial charge in [0.2, 0.25) is 0 Å². The van der Waals surface area contributed by atoms with Gasteiger partial charge in [0.05, 0.1) is 19.4 Å². The third-order valence-electron chi connectivity index (χ3n) is 2.18. The molecule has 0 aliphatic rings. The van der Waals surface area contributed by atoms with Gasteiger partial charge in [-0.25, -0.2) is 0 Å². The smallest absolute Gasteiger partial charge is 0.309 e. The summed E-state index contributed by atoms with van der Waals surface area (Å²) in [5, 5.41) is 0. The first-order valence-corrected chi connectivity index (χ1v) is 8.42. The summed E-state index contributed by atoms with van der Waals surface area (Å²) in [5.41, 5.74) is 1.04. The topological polar surface area (TPSA) is 35.5 Å². The van der Waals surface area contributed by atoms with Crippen molar-refractivity contribution in [3.05, 3.63) is 40.4 Å². The van der Waals surface area contributed by atoms with E-state index in [0.717, 1.165) is 10.0 Å². The van der Waals surface area contributed by atoms with E-state index in [1.807, 2.05) is 50.3 Å². The first-order chi connectivity index (χ1) is 8.61. The van der Waals surface area contributed by atoms with Gasteiger partial charge in [-0.05, 0) is 25.5 Å². The SMILES string of the molecule is CCOP(=O)(C/C=C/c1ccccc1Br)OCC. The van der Waals surface area contributed by atoms with Gasteiger partial charge in [-0.3, -0.25) is 4.57 Å². The summed E-state index contributed by atoms with van der Waals surface area (Å²) in [6.45, 7) is 4.40. The first-order valence-electron chi connectivity index (χ1n) is 5.90. The fourth-order valence-electron chi connectivity index (χ4n) is 1.46. The Morgan fingerprint density at radius 2 is 1.83 bits per heavy atom. The number of allylic oxidation sites excluding steroid dienone is 1. The van der Waals surface area contributed by atoms with Crippen molar-refractivity contribution in [2.24, 2.45) is 0 Å². The maximum absolute atomic E-state index is 12.2. The van der Waals surface area contributed by atoms with Crippen LogP contribution in [0.3, 0.4) is 0 Å². The molecule has 0 aromatic heterocycles. The summed E-state index contributed by atoms with van der Waals surface area (Å²) in [7, 11) is -2.97. The maximum Gasteiger partial charge on any atom is 0.334 e. The van der Waals surface area contributed by atoms with Crippen LogP contribution in [0.15, 0.2) is 34.8 Å². The number of hydrogen-bond acceptors (Lipinski definition) is 3. The largest absolute Gasteiger partial charge is 0.334 e. The molecule has 1 aromatic carbocycles. The van der Waals surface area contributed by atoms with E-state index in [9.17, 15) is 4.57 Å². The predicted octanol–water partition coefficient (Wildman–Crippen LogP) is 4.73. The van der Waals surface area contributed by atoms with Crippen LogP contribution in [0.2, 0.25) is 0 Å². The summed E-state index contributed by atoms with van der Waals surface area (Å²) in [6, 6.07) is 7.85. The highest BCUT2D eigenvalue weighted by molar-refractivity contribution is 9.10. The molecule has 18 heavy (non-hydrogen) atoms. The van der Waals surface area contributed by atoms with E-state index >= 15 is 0 Å². The molecule has 0 aliphatic heterocycles. The Hall–Kier alpha value is -0.410. The Morgan fingerprint density at radius 1 is 1.22 bits per heavy atom. The Balaban J connectivity index is 2.68. The third-order valence-corrected chi connectivity index (χ3v) is 4.87. The molecule has 0 aliphatic carbocycles. The Labute approximate surface area is 117 Å². The van der Waals surface area contributed by atoms with Crippen LogP contribution >= 0.6 is 23.5 Å². The van der Waals surface area contributed by atoms with Crippen molar-refractivity contribution < 1.29 is 13.6 Å². The molecule has 0 fully saturated rings. The molecule has 0 spiro atoms. The van der Waals surface area contributed by atoms with Crippen molar-refractivity contribution in [3.63, 3.8) is 0 Å². The molecular weight excluding hydrogens is 315 g/mol. The van der Waals surface area contributed by atoms with Crippen molar-refractivity contribution in [1.29, 1.82) is 0 Å². The molecule has 3 nitrogen and oxygen atoms in total. The van der Waals surface area contributed by atoms with Crippen molar-refractivity contribution in [2.75, 3.05) is 19.4 Å². The number of rotatable bonds is 7. The Kier molecular flexibility index (Phi) is 6.87. The minimum atomic E-state index is -2.97. The van der Waals surface area contributed by atoms with Crippen molar-refractivity contribution in [1.82, 2.24) is 0 Å². The number of hydrogen-bond donors (Lipinski definition) is 0. The van der Waals surface area contributed by atoms with Crippen LogP contribution in [0, 0.1) is 0 Å². The van der Waals surface area contributed by atoms with E-state index in [1.54, 1.807) is 0 Å². The molecule has 100 valence electrons. The molecule has 0 heterocycles. The van der Waals surface area contributed by atoms with Gasteiger partial charge in [-0.1, -0.05) is 46.3 Å². The van der Waals surface area contributed by atoms with E-state index in [4.69, 9.17) is 9.05 Å². The third kappa shape index (κ3) is 5.07. The second-order valence-corrected chi connectivity index (χ2v) is 6.51. The quantitative estimate of drug-likeness (QED) is 0.677. The molecule has 1 rings (SSSR count). The molecule has 0 bridgehead atoms. The summed E-state index contributed by atoms with van der Waals surface area (Å²) < 4.78 is 23.6. The molecular formula is C13H18BrO3P. The van der Waals surface area contributed by atoms with Gasteiger partial charge in [0.15, 0.2) is 0 Å². The van der Waals surface area contributed by atoms with E-state index in [-0.39, 0.29) is 6.16 Å². The molecule has 0 atom stereocenters. The highest BCUT2D eigenvalue weighted by Crippen LogP contribution is 2.48. The van der Waals surface area contributed by atoms with Gasteiger partial charge in [-0.15, -0.1) is 0 Å². The van der Waals surface area contributed by atoms with Crippen molar-refractivity contribution in [2.45, 2.75) is 13.8 Å². The molecule has 0 saturated heterocycles. The zero-order valence-corrected chi connectivity index (χ0v) is 13.1. The van der Waals surface area contributed by atoms with Gasteiger partial charge in [0.25, 0.3) is 0 Å². The van der Waals surface area contributed by atoms with Gasteiger partial charge in [0, 0.05) is 4.47 Å². The predicted molar refractivity (Wildman–Crippen MR) is 78.9 cm³/mol. The van der Waals surface area contributed by atoms with Crippen LogP contribution in [0.1, 0.15) is 19.4 Å². The lowest BCUT2D eigenvalue weighted by atomic mass is 10.2. The van der Waals surface area contributed by atoms with Gasteiger partial charge >= 0.3 is 7.60 Å². The van der Waals surface area contributed by atoms with Gasteiger partial charge in [-0.2, -0.15) is 0 Å². The highest BCUT2D eigenvalue weighted by atomic mass is 79.9. The van der Waals surface area contributed by atoms with Crippen LogP contribution in [0.25, 0.3) is 6.08 Å². The molecule has 0 N–H and O–H groups in total. The fourth-order valence-corrected chi connectivity index (χ4v) is 3.31. The van der Waals surface area contributed by atoms with E-state index in [0.29, 0.717) is 13.2 Å². The van der Waals surface area contributed by atoms with E-state index in [1.165, 1.54) is 0 Å². The summed E-state index contributed by atoms with van der Waals surface area (Å²) in [6.07, 6.45) is 4.02. The summed E-state index contributed by atoms with van der Waals surface area (Å²) >= 11 is 3.46. The van der Waals surface area contributed by atoms with Gasteiger partial charge < -0.3 is 9.05 Å². The lowest BCUT2D eigenvalue weighted by molar-refractivity contribution is 0.222. The van der Waals surface area contributed by atoms with E-state index in [2.05, 4.69) is 15.9 Å². The lowest BCUT2D eigenvalue weighted by Gasteiger charge is -2.14. The maximum atomic E-state index is 12.2. The zero-order chi connectivity index (χ0) is 13.4. The first kappa shape index (κ1) is 15.6. The van der Waals surface area contributed by atoms with Crippen LogP contribution in [0.4, 0.5) is 0 Å². The summed E-state index contributed by atoms with van der Waals surface area (Å²) in [4.78, 5) is 0. The van der Waals surface area contributed by atoms with Crippen LogP contribution in [-0.2, 0) is 13.6 Å². The summed E-state index contributed by atoms with van der Waals surface area (Å²) in [5.74, 6) is 0. The average Bonchev–Trinajstić information content (AvgIpc) is 2.32. The van der Waals surface area contributed by atoms with Crippen LogP contribution in [0.5, 0.6) is 0 Å². The highest BCUT2D eigenvalue weighted by Gasteiger charge is 2.20. The second kappa shape index (κ2) is 7.90. The minimum absolute atomic E-state index is 0.288. The zero-order valence-electron chi connectivity index (χ0n) is 10.6. The molecule has 0 saturated carbocycles. The van der Waals surface area contributed by atoms with Crippen molar-refractivity contribution in [3.8, 4) is 0 Å². The molecule has 0 amide bonds. The van der Waals surface area contributed by atoms with Crippen molar-refractivity contribution >= 4 is 29.6 Å². The monoisotopic (exact) mass is 332 g/mol. The Bertz CT molecular complexity index is 436. The number of halogens is 1. The lowest BCUT2D eigenvalue weighted by Crippen LogP contribution is -1.98. The normalized spacial score (nSPS) is 12.2. The van der Waals surface area contributed by atoms with Crippen LogP contribution in [-0.4, -0.2) is 19.4 Å². The minimum Gasteiger partial charge on any atom is -0.309 e. The molecule has 1 aromatic rings. The fraction of sp³-hybridized carbons (Fsp3) is 0.385. The van der Waals surface area contributed by atoms with E-state index < -0.39 is 7.60 Å². The molecule has 0 radical (unpaired) electrons. The average molecular weight is 333 g/mol. The van der Waals surface area contributed by atoms with Crippen LogP contribution < -0.4 is 0 Å².